The predicted molar refractivity (Wildman–Crippen MR) is 126 cm³/mol. The number of rotatable bonds is 10. The van der Waals surface area contributed by atoms with Crippen LogP contribution in [0.3, 0.4) is 0 Å². The largest absolute Gasteiger partial charge is 0.352 e. The number of carbonyl (C=O) groups is 2. The number of carbonyl (C=O) groups excluding carboxylic acids is 2. The molecule has 0 aliphatic rings. The number of aryl methyl sites for hydroxylation is 1. The molecule has 2 atom stereocenters. The predicted octanol–water partition coefficient (Wildman–Crippen LogP) is 5.46. The second-order valence-corrected chi connectivity index (χ2v) is 9.16. The van der Waals surface area contributed by atoms with Gasteiger partial charge in [0.15, 0.2) is 0 Å². The van der Waals surface area contributed by atoms with E-state index < -0.39 is 6.04 Å². The summed E-state index contributed by atoms with van der Waals surface area (Å²) in [5, 5.41) is 3.63. The van der Waals surface area contributed by atoms with Gasteiger partial charge in [-0.05, 0) is 57.0 Å². The molecule has 0 fully saturated rings. The van der Waals surface area contributed by atoms with Gasteiger partial charge < -0.3 is 10.2 Å². The Bertz CT molecular complexity index is 824. The van der Waals surface area contributed by atoms with Crippen molar-refractivity contribution in [2.75, 3.05) is 5.75 Å². The lowest BCUT2D eigenvalue weighted by atomic mass is 10.1. The average Bonchev–Trinajstić information content (AvgIpc) is 2.74. The maximum atomic E-state index is 13.1. The standard InChI is InChI=1S/C24H31ClN2O2S/c1-5-18(3)26-24(29)19(4)27(16-20-8-10-21(25)11-9-20)23(28)14-15-30-22-12-6-17(2)7-13-22/h6-13,18-19H,5,14-16H2,1-4H3,(H,26,29). The number of halogens is 1. The van der Waals surface area contributed by atoms with Crippen molar-refractivity contribution in [2.45, 2.75) is 64.1 Å². The fourth-order valence-corrected chi connectivity index (χ4v) is 3.84. The second-order valence-electron chi connectivity index (χ2n) is 7.55. The lowest BCUT2D eigenvalue weighted by Crippen LogP contribution is -2.49. The maximum absolute atomic E-state index is 13.1. The third kappa shape index (κ3) is 7.69. The van der Waals surface area contributed by atoms with Gasteiger partial charge in [0.2, 0.25) is 11.8 Å². The summed E-state index contributed by atoms with van der Waals surface area (Å²) >= 11 is 7.64. The number of hydrogen-bond acceptors (Lipinski definition) is 3. The van der Waals surface area contributed by atoms with Crippen LogP contribution in [-0.4, -0.2) is 34.6 Å². The van der Waals surface area contributed by atoms with Gasteiger partial charge in [-0.1, -0.05) is 48.4 Å². The lowest BCUT2D eigenvalue weighted by Gasteiger charge is -2.29. The zero-order valence-electron chi connectivity index (χ0n) is 18.2. The van der Waals surface area contributed by atoms with Crippen LogP contribution in [0.15, 0.2) is 53.4 Å². The second kappa shape index (κ2) is 12.0. The molecule has 4 nitrogen and oxygen atoms in total. The summed E-state index contributed by atoms with van der Waals surface area (Å²) in [6.07, 6.45) is 1.21. The molecule has 2 aromatic carbocycles. The van der Waals surface area contributed by atoms with E-state index in [1.807, 2.05) is 26.0 Å². The van der Waals surface area contributed by atoms with Crippen molar-refractivity contribution in [3.8, 4) is 0 Å². The number of benzene rings is 2. The van der Waals surface area contributed by atoms with Crippen molar-refractivity contribution in [1.82, 2.24) is 10.2 Å². The molecule has 162 valence electrons. The Balaban J connectivity index is 2.06. The number of thioether (sulfide) groups is 1. The van der Waals surface area contributed by atoms with Gasteiger partial charge in [-0.3, -0.25) is 9.59 Å². The van der Waals surface area contributed by atoms with Crippen LogP contribution in [0.2, 0.25) is 5.02 Å². The summed E-state index contributed by atoms with van der Waals surface area (Å²) in [6, 6.07) is 15.2. The highest BCUT2D eigenvalue weighted by atomic mass is 35.5. The Kier molecular flexibility index (Phi) is 9.73. The minimum Gasteiger partial charge on any atom is -0.352 e. The van der Waals surface area contributed by atoms with E-state index in [9.17, 15) is 9.59 Å². The molecule has 1 N–H and O–H groups in total. The fourth-order valence-electron chi connectivity index (χ4n) is 2.87. The number of nitrogens with one attached hydrogen (secondary N) is 1. The Morgan fingerprint density at radius 2 is 1.70 bits per heavy atom. The Morgan fingerprint density at radius 1 is 1.07 bits per heavy atom. The summed E-state index contributed by atoms with van der Waals surface area (Å²) in [7, 11) is 0. The Labute approximate surface area is 189 Å². The van der Waals surface area contributed by atoms with Crippen molar-refractivity contribution in [1.29, 1.82) is 0 Å². The summed E-state index contributed by atoms with van der Waals surface area (Å²) in [4.78, 5) is 28.6. The first-order chi connectivity index (χ1) is 14.3. The van der Waals surface area contributed by atoms with Gasteiger partial charge in [0.1, 0.15) is 6.04 Å². The van der Waals surface area contributed by atoms with E-state index in [4.69, 9.17) is 11.6 Å². The van der Waals surface area contributed by atoms with Gasteiger partial charge >= 0.3 is 0 Å². The smallest absolute Gasteiger partial charge is 0.242 e. The minimum atomic E-state index is -0.549. The van der Waals surface area contributed by atoms with E-state index in [0.717, 1.165) is 16.9 Å². The molecule has 6 heteroatoms. The van der Waals surface area contributed by atoms with Crippen LogP contribution in [-0.2, 0) is 16.1 Å². The first-order valence-corrected chi connectivity index (χ1v) is 11.7. The molecule has 2 unspecified atom stereocenters. The van der Waals surface area contributed by atoms with Crippen LogP contribution in [0.25, 0.3) is 0 Å². The minimum absolute atomic E-state index is 0.0311. The Morgan fingerprint density at radius 3 is 2.30 bits per heavy atom. The maximum Gasteiger partial charge on any atom is 0.242 e. The first kappa shape index (κ1) is 24.3. The van der Waals surface area contributed by atoms with Gasteiger partial charge in [-0.15, -0.1) is 11.8 Å². The van der Waals surface area contributed by atoms with Crippen molar-refractivity contribution in [2.24, 2.45) is 0 Å². The monoisotopic (exact) mass is 446 g/mol. The van der Waals surface area contributed by atoms with E-state index in [2.05, 4.69) is 36.5 Å². The molecule has 0 saturated carbocycles. The van der Waals surface area contributed by atoms with E-state index in [-0.39, 0.29) is 17.9 Å². The van der Waals surface area contributed by atoms with Gasteiger partial charge in [0.25, 0.3) is 0 Å². The molecule has 0 aliphatic heterocycles. The van der Waals surface area contributed by atoms with Gasteiger partial charge in [0.05, 0.1) is 0 Å². The van der Waals surface area contributed by atoms with E-state index >= 15 is 0 Å². The van der Waals surface area contributed by atoms with Crippen molar-refractivity contribution >= 4 is 35.2 Å². The number of hydrogen-bond donors (Lipinski definition) is 1. The average molecular weight is 447 g/mol. The molecular formula is C24H31ClN2O2S. The molecule has 30 heavy (non-hydrogen) atoms. The third-order valence-corrected chi connectivity index (χ3v) is 6.31. The summed E-state index contributed by atoms with van der Waals surface area (Å²) < 4.78 is 0. The normalized spacial score (nSPS) is 12.8. The van der Waals surface area contributed by atoms with E-state index in [0.29, 0.717) is 23.7 Å². The SMILES string of the molecule is CCC(C)NC(=O)C(C)N(Cc1ccc(Cl)cc1)C(=O)CCSc1ccc(C)cc1. The summed E-state index contributed by atoms with van der Waals surface area (Å²) in [6.45, 7) is 8.21. The molecule has 2 aromatic rings. The molecule has 2 amide bonds. The molecule has 0 spiro atoms. The Hall–Kier alpha value is -1.98. The van der Waals surface area contributed by atoms with Crippen LogP contribution < -0.4 is 5.32 Å². The highest BCUT2D eigenvalue weighted by Crippen LogP contribution is 2.21. The van der Waals surface area contributed by atoms with Crippen molar-refractivity contribution in [3.63, 3.8) is 0 Å². The quantitative estimate of drug-likeness (QED) is 0.493. The van der Waals surface area contributed by atoms with Gasteiger partial charge in [0, 0.05) is 34.7 Å². The van der Waals surface area contributed by atoms with Gasteiger partial charge in [-0.2, -0.15) is 0 Å². The lowest BCUT2D eigenvalue weighted by molar-refractivity contribution is -0.140. The molecular weight excluding hydrogens is 416 g/mol. The van der Waals surface area contributed by atoms with Crippen LogP contribution in [0.4, 0.5) is 0 Å². The van der Waals surface area contributed by atoms with Crippen LogP contribution >= 0.6 is 23.4 Å². The molecule has 0 radical (unpaired) electrons. The fraction of sp³-hybridized carbons (Fsp3) is 0.417. The van der Waals surface area contributed by atoms with Crippen LogP contribution in [0.5, 0.6) is 0 Å². The van der Waals surface area contributed by atoms with E-state index in [1.54, 1.807) is 35.7 Å². The van der Waals surface area contributed by atoms with E-state index in [1.165, 1.54) is 5.56 Å². The van der Waals surface area contributed by atoms with Crippen molar-refractivity contribution < 1.29 is 9.59 Å². The molecule has 0 aromatic heterocycles. The molecule has 2 rings (SSSR count). The van der Waals surface area contributed by atoms with Crippen molar-refractivity contribution in [3.05, 3.63) is 64.7 Å². The highest BCUT2D eigenvalue weighted by molar-refractivity contribution is 7.99. The third-order valence-electron chi connectivity index (χ3n) is 5.04. The van der Waals surface area contributed by atoms with Gasteiger partial charge in [-0.25, -0.2) is 0 Å². The number of nitrogens with zero attached hydrogens (tertiary/aromatic N) is 1. The highest BCUT2D eigenvalue weighted by Gasteiger charge is 2.26. The number of amides is 2. The van der Waals surface area contributed by atoms with Crippen LogP contribution in [0, 0.1) is 6.92 Å². The molecule has 0 bridgehead atoms. The zero-order valence-corrected chi connectivity index (χ0v) is 19.7. The topological polar surface area (TPSA) is 49.4 Å². The molecule has 0 saturated heterocycles. The van der Waals surface area contributed by atoms with Crippen LogP contribution in [0.1, 0.15) is 44.7 Å². The zero-order chi connectivity index (χ0) is 22.1. The molecule has 0 heterocycles. The molecule has 0 aliphatic carbocycles. The summed E-state index contributed by atoms with van der Waals surface area (Å²) in [5.74, 6) is 0.507. The first-order valence-electron chi connectivity index (χ1n) is 10.3. The summed E-state index contributed by atoms with van der Waals surface area (Å²) in [5.41, 5.74) is 2.16.